The molecule has 0 bridgehead atoms. The summed E-state index contributed by atoms with van der Waals surface area (Å²) in [6.07, 6.45) is 0.615. The second-order valence-electron chi connectivity index (χ2n) is 2.57. The lowest BCUT2D eigenvalue weighted by atomic mass is 10.1. The van der Waals surface area contributed by atoms with Crippen molar-refractivity contribution in [2.75, 3.05) is 0 Å². The number of hydrogen-bond acceptors (Lipinski definition) is 2. The fourth-order valence-corrected chi connectivity index (χ4v) is 1.18. The molecule has 0 aliphatic carbocycles. The molecule has 1 aromatic rings. The lowest BCUT2D eigenvalue weighted by Crippen LogP contribution is -2.19. The van der Waals surface area contributed by atoms with Crippen molar-refractivity contribution < 1.29 is 0 Å². The van der Waals surface area contributed by atoms with Crippen LogP contribution in [0.3, 0.4) is 0 Å². The second kappa shape index (κ2) is 4.24. The first kappa shape index (κ1) is 9.24. The van der Waals surface area contributed by atoms with E-state index in [4.69, 9.17) is 11.0 Å². The summed E-state index contributed by atoms with van der Waals surface area (Å²) in [6, 6.07) is 9.40. The van der Waals surface area contributed by atoms with Gasteiger partial charge in [-0.25, -0.2) is 0 Å². The third-order valence-corrected chi connectivity index (χ3v) is 2.06. The van der Waals surface area contributed by atoms with E-state index in [1.54, 1.807) is 0 Å². The molecule has 3 heteroatoms. The Morgan fingerprint density at radius 1 is 1.42 bits per heavy atom. The van der Waals surface area contributed by atoms with Crippen molar-refractivity contribution in [1.29, 1.82) is 5.26 Å². The molecule has 0 aromatic heterocycles. The highest BCUT2D eigenvalue weighted by molar-refractivity contribution is 9.10. The molecule has 0 fully saturated rings. The van der Waals surface area contributed by atoms with Gasteiger partial charge in [-0.2, -0.15) is 5.26 Å². The molecule has 0 radical (unpaired) electrons. The Balaban J connectivity index is 2.66. The number of nitriles is 1. The number of nitrogens with zero attached hydrogens (tertiary/aromatic N) is 1. The van der Waals surface area contributed by atoms with Gasteiger partial charge in [-0.05, 0) is 17.7 Å². The summed E-state index contributed by atoms with van der Waals surface area (Å²) in [5, 5.41) is 8.47. The fourth-order valence-electron chi connectivity index (χ4n) is 0.920. The van der Waals surface area contributed by atoms with Crippen LogP contribution in [0.2, 0.25) is 0 Å². The first-order chi connectivity index (χ1) is 5.72. The van der Waals surface area contributed by atoms with Gasteiger partial charge in [0.05, 0.1) is 12.1 Å². The van der Waals surface area contributed by atoms with Crippen LogP contribution in [0.5, 0.6) is 0 Å². The van der Waals surface area contributed by atoms with Gasteiger partial charge in [-0.1, -0.05) is 28.1 Å². The van der Waals surface area contributed by atoms with Crippen molar-refractivity contribution in [2.24, 2.45) is 5.73 Å². The third-order valence-electron chi connectivity index (χ3n) is 1.53. The van der Waals surface area contributed by atoms with Crippen molar-refractivity contribution in [3.8, 4) is 6.07 Å². The van der Waals surface area contributed by atoms with E-state index in [-0.39, 0.29) is 0 Å². The zero-order valence-electron chi connectivity index (χ0n) is 6.50. The van der Waals surface area contributed by atoms with Crippen LogP contribution in [0.4, 0.5) is 0 Å². The smallest absolute Gasteiger partial charge is 0.0968 e. The molecule has 0 unspecified atom stereocenters. The maximum Gasteiger partial charge on any atom is 0.0968 e. The van der Waals surface area contributed by atoms with E-state index in [2.05, 4.69) is 15.9 Å². The Morgan fingerprint density at radius 3 is 2.50 bits per heavy atom. The standard InChI is InChI=1S/C9H9BrN2/c10-8-3-1-7(2-4-8)5-9(12)6-11/h1-4,9H,5,12H2/t9-/m1/s1. The molecule has 1 aromatic carbocycles. The Bertz CT molecular complexity index is 286. The quantitative estimate of drug-likeness (QED) is 0.834. The molecule has 2 N–H and O–H groups in total. The Morgan fingerprint density at radius 2 is 2.00 bits per heavy atom. The van der Waals surface area contributed by atoms with Gasteiger partial charge < -0.3 is 5.73 Å². The fraction of sp³-hybridized carbons (Fsp3) is 0.222. The lowest BCUT2D eigenvalue weighted by molar-refractivity contribution is 0.823. The van der Waals surface area contributed by atoms with Crippen LogP contribution in [-0.2, 0) is 6.42 Å². The Labute approximate surface area is 80.1 Å². The zero-order chi connectivity index (χ0) is 8.97. The molecule has 0 aliphatic heterocycles. The molecule has 0 spiro atoms. The van der Waals surface area contributed by atoms with E-state index in [0.717, 1.165) is 10.0 Å². The summed E-state index contributed by atoms with van der Waals surface area (Å²) >= 11 is 3.33. The predicted octanol–water partition coefficient (Wildman–Crippen LogP) is 1.84. The molecule has 0 saturated carbocycles. The van der Waals surface area contributed by atoms with Gasteiger partial charge in [0.1, 0.15) is 0 Å². The molecule has 1 atom stereocenters. The van der Waals surface area contributed by atoms with Crippen LogP contribution >= 0.6 is 15.9 Å². The summed E-state index contributed by atoms with van der Waals surface area (Å²) in [7, 11) is 0. The van der Waals surface area contributed by atoms with Crippen LogP contribution in [0, 0.1) is 11.3 Å². The van der Waals surface area contributed by atoms with Crippen molar-refractivity contribution in [1.82, 2.24) is 0 Å². The average molecular weight is 225 g/mol. The monoisotopic (exact) mass is 224 g/mol. The molecular formula is C9H9BrN2. The Kier molecular flexibility index (Phi) is 3.27. The minimum atomic E-state index is -0.397. The molecule has 0 heterocycles. The van der Waals surface area contributed by atoms with Crippen LogP contribution < -0.4 is 5.73 Å². The van der Waals surface area contributed by atoms with Crippen LogP contribution in [0.25, 0.3) is 0 Å². The summed E-state index contributed by atoms with van der Waals surface area (Å²) in [6.45, 7) is 0. The van der Waals surface area contributed by atoms with Crippen LogP contribution in [0.1, 0.15) is 5.56 Å². The SMILES string of the molecule is N#C[C@H](N)Cc1ccc(Br)cc1. The Hall–Kier alpha value is -0.850. The van der Waals surface area contributed by atoms with Crippen LogP contribution in [-0.4, -0.2) is 6.04 Å². The van der Waals surface area contributed by atoms with Gasteiger partial charge in [0.25, 0.3) is 0 Å². The highest BCUT2D eigenvalue weighted by Gasteiger charge is 2.00. The molecule has 12 heavy (non-hydrogen) atoms. The molecule has 0 amide bonds. The maximum absolute atomic E-state index is 8.47. The van der Waals surface area contributed by atoms with Gasteiger partial charge in [-0.3, -0.25) is 0 Å². The third kappa shape index (κ3) is 2.65. The van der Waals surface area contributed by atoms with E-state index in [1.165, 1.54) is 0 Å². The van der Waals surface area contributed by atoms with Crippen molar-refractivity contribution in [3.05, 3.63) is 34.3 Å². The zero-order valence-corrected chi connectivity index (χ0v) is 8.08. The van der Waals surface area contributed by atoms with Crippen molar-refractivity contribution in [2.45, 2.75) is 12.5 Å². The van der Waals surface area contributed by atoms with Gasteiger partial charge in [0, 0.05) is 10.9 Å². The topological polar surface area (TPSA) is 49.8 Å². The number of rotatable bonds is 2. The normalized spacial score (nSPS) is 12.1. The number of halogens is 1. The first-order valence-electron chi connectivity index (χ1n) is 3.62. The number of benzene rings is 1. The van der Waals surface area contributed by atoms with Gasteiger partial charge in [0.2, 0.25) is 0 Å². The van der Waals surface area contributed by atoms with Gasteiger partial charge in [0.15, 0.2) is 0 Å². The summed E-state index contributed by atoms with van der Waals surface area (Å²) in [4.78, 5) is 0. The maximum atomic E-state index is 8.47. The molecule has 1 rings (SSSR count). The van der Waals surface area contributed by atoms with Gasteiger partial charge in [-0.15, -0.1) is 0 Å². The highest BCUT2D eigenvalue weighted by atomic mass is 79.9. The van der Waals surface area contributed by atoms with Crippen molar-refractivity contribution in [3.63, 3.8) is 0 Å². The van der Waals surface area contributed by atoms with E-state index >= 15 is 0 Å². The first-order valence-corrected chi connectivity index (χ1v) is 4.41. The predicted molar refractivity (Wildman–Crippen MR) is 51.4 cm³/mol. The van der Waals surface area contributed by atoms with E-state index in [1.807, 2.05) is 30.3 Å². The average Bonchev–Trinajstić information content (AvgIpc) is 2.09. The summed E-state index contributed by atoms with van der Waals surface area (Å²) in [5.74, 6) is 0. The highest BCUT2D eigenvalue weighted by Crippen LogP contribution is 2.11. The molecule has 2 nitrogen and oxygen atoms in total. The molecule has 0 aliphatic rings. The second-order valence-corrected chi connectivity index (χ2v) is 3.48. The summed E-state index contributed by atoms with van der Waals surface area (Å²) < 4.78 is 1.04. The minimum Gasteiger partial charge on any atom is -0.316 e. The van der Waals surface area contributed by atoms with E-state index in [0.29, 0.717) is 6.42 Å². The largest absolute Gasteiger partial charge is 0.316 e. The molecule has 0 saturated heterocycles. The molecular weight excluding hydrogens is 216 g/mol. The number of nitrogens with two attached hydrogens (primary N) is 1. The molecule has 62 valence electrons. The van der Waals surface area contributed by atoms with Gasteiger partial charge >= 0.3 is 0 Å². The minimum absolute atomic E-state index is 0.397. The van der Waals surface area contributed by atoms with Crippen molar-refractivity contribution >= 4 is 15.9 Å². The summed E-state index contributed by atoms with van der Waals surface area (Å²) in [5.41, 5.74) is 6.56. The lowest BCUT2D eigenvalue weighted by Gasteiger charge is -2.01. The van der Waals surface area contributed by atoms with Crippen LogP contribution in [0.15, 0.2) is 28.7 Å². The number of hydrogen-bond donors (Lipinski definition) is 1. The van der Waals surface area contributed by atoms with E-state index < -0.39 is 6.04 Å². The van der Waals surface area contributed by atoms with E-state index in [9.17, 15) is 0 Å².